The molecule has 24 heavy (non-hydrogen) atoms. The summed E-state index contributed by atoms with van der Waals surface area (Å²) in [6.45, 7) is 5.12. The summed E-state index contributed by atoms with van der Waals surface area (Å²) in [5, 5.41) is 9.96. The number of carbonyl (C=O) groups is 2. The second kappa shape index (κ2) is 5.09. The molecule has 0 unspecified atom stereocenters. The van der Waals surface area contributed by atoms with Crippen LogP contribution < -0.4 is 15.4 Å². The van der Waals surface area contributed by atoms with Gasteiger partial charge in [-0.3, -0.25) is 9.59 Å². The van der Waals surface area contributed by atoms with Gasteiger partial charge in [0.15, 0.2) is 5.69 Å². The van der Waals surface area contributed by atoms with Crippen molar-refractivity contribution in [1.82, 2.24) is 9.78 Å². The highest BCUT2D eigenvalue weighted by atomic mass is 16.5. The van der Waals surface area contributed by atoms with Gasteiger partial charge in [-0.25, -0.2) is 4.68 Å². The third-order valence-electron chi connectivity index (χ3n) is 4.51. The number of hydrogen-bond acceptors (Lipinski definition) is 4. The summed E-state index contributed by atoms with van der Waals surface area (Å²) in [4.78, 5) is 24.4. The Morgan fingerprint density at radius 3 is 3.00 bits per heavy atom. The number of aryl methyl sites for hydroxylation is 1. The molecule has 2 N–H and O–H groups in total. The van der Waals surface area contributed by atoms with Gasteiger partial charge >= 0.3 is 0 Å². The van der Waals surface area contributed by atoms with Crippen molar-refractivity contribution in [2.24, 2.45) is 0 Å². The van der Waals surface area contributed by atoms with Gasteiger partial charge in [0.2, 0.25) is 11.8 Å². The number of nitrogens with one attached hydrogen (secondary N) is 2. The number of rotatable bonds is 2. The predicted octanol–water partition coefficient (Wildman–Crippen LogP) is 2.15. The Hall–Kier alpha value is -2.83. The highest BCUT2D eigenvalue weighted by molar-refractivity contribution is 6.07. The Labute approximate surface area is 139 Å². The van der Waals surface area contributed by atoms with Crippen molar-refractivity contribution in [3.05, 3.63) is 35.5 Å². The summed E-state index contributed by atoms with van der Waals surface area (Å²) in [7, 11) is 0. The van der Waals surface area contributed by atoms with Crippen LogP contribution in [0, 0.1) is 0 Å². The van der Waals surface area contributed by atoms with E-state index in [0.29, 0.717) is 23.9 Å². The van der Waals surface area contributed by atoms with Crippen molar-refractivity contribution in [2.45, 2.75) is 32.2 Å². The lowest BCUT2D eigenvalue weighted by molar-refractivity contribution is -0.119. The van der Waals surface area contributed by atoms with Crippen molar-refractivity contribution in [3.8, 4) is 5.88 Å². The fourth-order valence-electron chi connectivity index (χ4n) is 3.02. The molecule has 0 bridgehead atoms. The van der Waals surface area contributed by atoms with Gasteiger partial charge in [-0.2, -0.15) is 5.10 Å². The van der Waals surface area contributed by atoms with Gasteiger partial charge in [-0.1, -0.05) is 0 Å². The first-order chi connectivity index (χ1) is 11.4. The minimum Gasteiger partial charge on any atom is -0.478 e. The van der Waals surface area contributed by atoms with Gasteiger partial charge in [-0.05, 0) is 37.6 Å². The Balaban J connectivity index is 1.58. The second-order valence-electron chi connectivity index (χ2n) is 6.59. The van der Waals surface area contributed by atoms with E-state index in [1.165, 1.54) is 0 Å². The Bertz CT molecular complexity index is 830. The second-order valence-corrected chi connectivity index (χ2v) is 6.59. The average molecular weight is 326 g/mol. The van der Waals surface area contributed by atoms with E-state index >= 15 is 0 Å². The van der Waals surface area contributed by atoms with E-state index in [0.717, 1.165) is 24.2 Å². The van der Waals surface area contributed by atoms with E-state index in [-0.39, 0.29) is 11.8 Å². The average Bonchev–Trinajstić information content (AvgIpc) is 3.08. The molecule has 2 aliphatic rings. The molecule has 0 saturated carbocycles. The molecule has 7 nitrogen and oxygen atoms in total. The lowest BCUT2D eigenvalue weighted by Gasteiger charge is -2.15. The molecule has 0 atom stereocenters. The fourth-order valence-corrected chi connectivity index (χ4v) is 3.02. The summed E-state index contributed by atoms with van der Waals surface area (Å²) in [5.41, 5.74) is 2.00. The van der Waals surface area contributed by atoms with E-state index in [4.69, 9.17) is 4.74 Å². The normalized spacial score (nSPS) is 17.5. The van der Waals surface area contributed by atoms with E-state index in [1.807, 2.05) is 19.9 Å². The Kier molecular flexibility index (Phi) is 3.13. The maximum atomic E-state index is 12.4. The Morgan fingerprint density at radius 1 is 1.38 bits per heavy atom. The minimum absolute atomic E-state index is 0.0418. The predicted molar refractivity (Wildman–Crippen MR) is 88.4 cm³/mol. The summed E-state index contributed by atoms with van der Waals surface area (Å²) in [5.74, 6) is 0.284. The molecule has 124 valence electrons. The topological polar surface area (TPSA) is 85.3 Å². The largest absolute Gasteiger partial charge is 0.478 e. The van der Waals surface area contributed by atoms with Gasteiger partial charge in [0.1, 0.15) is 0 Å². The number of anilines is 2. The number of amides is 2. The summed E-state index contributed by atoms with van der Waals surface area (Å²) in [6, 6.07) is 7.05. The number of aromatic nitrogens is 2. The van der Waals surface area contributed by atoms with Crippen LogP contribution in [0.15, 0.2) is 24.3 Å². The molecule has 0 spiro atoms. The number of fused-ring (bicyclic) bond motifs is 2. The Morgan fingerprint density at radius 2 is 2.21 bits per heavy atom. The van der Waals surface area contributed by atoms with Crippen LogP contribution in [0.2, 0.25) is 0 Å². The zero-order valence-corrected chi connectivity index (χ0v) is 13.5. The zero-order valence-electron chi connectivity index (χ0n) is 13.5. The number of hydrogen-bond donors (Lipinski definition) is 2. The third kappa shape index (κ3) is 2.24. The van der Waals surface area contributed by atoms with Crippen molar-refractivity contribution in [3.63, 3.8) is 0 Å². The molecule has 1 aromatic heterocycles. The first kappa shape index (κ1) is 14.7. The molecule has 7 heteroatoms. The van der Waals surface area contributed by atoms with Crippen LogP contribution >= 0.6 is 0 Å². The van der Waals surface area contributed by atoms with Crippen LogP contribution in [0.1, 0.15) is 36.3 Å². The van der Waals surface area contributed by atoms with Crippen LogP contribution in [0.5, 0.6) is 5.88 Å². The maximum Gasteiger partial charge on any atom is 0.276 e. The summed E-state index contributed by atoms with van der Waals surface area (Å²) in [6.07, 6.45) is 0.886. The molecule has 2 aliphatic heterocycles. The molecular formula is C17H18N4O3. The number of carbonyl (C=O) groups excluding carboxylic acids is 2. The highest BCUT2D eigenvalue weighted by Crippen LogP contribution is 2.38. The van der Waals surface area contributed by atoms with Crippen molar-refractivity contribution in [1.29, 1.82) is 0 Å². The minimum atomic E-state index is -0.614. The number of nitrogens with zero attached hydrogens (tertiary/aromatic N) is 2. The lowest BCUT2D eigenvalue weighted by atomic mass is 9.86. The molecule has 0 saturated heterocycles. The molecule has 1 aromatic carbocycles. The van der Waals surface area contributed by atoms with Gasteiger partial charge in [0, 0.05) is 30.4 Å². The SMILES string of the molecule is CC1(C)C(=O)Nc2ccc(NC(=O)c3cc4n(n3)CCCO4)cc21. The quantitative estimate of drug-likeness (QED) is 0.885. The lowest BCUT2D eigenvalue weighted by Crippen LogP contribution is -2.26. The molecule has 0 radical (unpaired) electrons. The number of ether oxygens (including phenoxy) is 1. The monoisotopic (exact) mass is 326 g/mol. The fraction of sp³-hybridized carbons (Fsp3) is 0.353. The van der Waals surface area contributed by atoms with Crippen LogP contribution in [0.25, 0.3) is 0 Å². The van der Waals surface area contributed by atoms with E-state index in [9.17, 15) is 9.59 Å². The van der Waals surface area contributed by atoms with Crippen LogP contribution in [-0.4, -0.2) is 28.2 Å². The van der Waals surface area contributed by atoms with Crippen LogP contribution in [-0.2, 0) is 16.8 Å². The van der Waals surface area contributed by atoms with Gasteiger partial charge < -0.3 is 15.4 Å². The molecular weight excluding hydrogens is 308 g/mol. The summed E-state index contributed by atoms with van der Waals surface area (Å²) >= 11 is 0. The first-order valence-corrected chi connectivity index (χ1v) is 7.93. The maximum absolute atomic E-state index is 12.4. The van der Waals surface area contributed by atoms with E-state index < -0.39 is 5.41 Å². The van der Waals surface area contributed by atoms with Crippen LogP contribution in [0.4, 0.5) is 11.4 Å². The van der Waals surface area contributed by atoms with Gasteiger partial charge in [0.25, 0.3) is 5.91 Å². The smallest absolute Gasteiger partial charge is 0.276 e. The molecule has 0 fully saturated rings. The highest BCUT2D eigenvalue weighted by Gasteiger charge is 2.38. The zero-order chi connectivity index (χ0) is 16.9. The molecule has 2 amide bonds. The van der Waals surface area contributed by atoms with Gasteiger partial charge in [-0.15, -0.1) is 0 Å². The first-order valence-electron chi connectivity index (χ1n) is 7.93. The van der Waals surface area contributed by atoms with Crippen molar-refractivity contribution < 1.29 is 14.3 Å². The third-order valence-corrected chi connectivity index (χ3v) is 4.51. The molecule has 3 heterocycles. The molecule has 0 aliphatic carbocycles. The number of benzene rings is 1. The molecule has 4 rings (SSSR count). The van der Waals surface area contributed by atoms with Crippen molar-refractivity contribution in [2.75, 3.05) is 17.2 Å². The summed E-state index contributed by atoms with van der Waals surface area (Å²) < 4.78 is 7.18. The van der Waals surface area contributed by atoms with Gasteiger partial charge in [0.05, 0.1) is 12.0 Å². The van der Waals surface area contributed by atoms with Crippen molar-refractivity contribution >= 4 is 23.2 Å². The van der Waals surface area contributed by atoms with E-state index in [1.54, 1.807) is 22.9 Å². The van der Waals surface area contributed by atoms with E-state index in [2.05, 4.69) is 15.7 Å². The van der Waals surface area contributed by atoms with Crippen LogP contribution in [0.3, 0.4) is 0 Å². The molecule has 2 aromatic rings. The standard InChI is InChI=1S/C17H18N4O3/c1-17(2)11-8-10(4-5-12(11)19-16(17)23)18-15(22)13-9-14-21(20-13)6-3-7-24-14/h4-5,8-9H,3,6-7H2,1-2H3,(H,18,22)(H,19,23).